The van der Waals surface area contributed by atoms with Crippen LogP contribution < -0.4 is 5.32 Å². The SMILES string of the molecule is CC(C)NCc1cccc(Cl)c1Sc1ncnn1C. The van der Waals surface area contributed by atoms with Gasteiger partial charge in [-0.1, -0.05) is 37.6 Å². The molecule has 0 fully saturated rings. The van der Waals surface area contributed by atoms with Crippen LogP contribution in [0.15, 0.2) is 34.6 Å². The molecule has 19 heavy (non-hydrogen) atoms. The van der Waals surface area contributed by atoms with Gasteiger partial charge in [-0.25, -0.2) is 9.67 Å². The Morgan fingerprint density at radius 3 is 2.84 bits per heavy atom. The zero-order chi connectivity index (χ0) is 13.8. The Morgan fingerprint density at radius 1 is 1.42 bits per heavy atom. The Morgan fingerprint density at radius 2 is 2.21 bits per heavy atom. The van der Waals surface area contributed by atoms with E-state index in [1.165, 1.54) is 5.56 Å². The molecule has 0 aliphatic carbocycles. The van der Waals surface area contributed by atoms with Gasteiger partial charge >= 0.3 is 0 Å². The number of halogens is 1. The maximum atomic E-state index is 6.31. The Kier molecular flexibility index (Phi) is 4.85. The number of rotatable bonds is 5. The van der Waals surface area contributed by atoms with Gasteiger partial charge in [-0.15, -0.1) is 0 Å². The highest BCUT2D eigenvalue weighted by molar-refractivity contribution is 7.99. The highest BCUT2D eigenvalue weighted by atomic mass is 35.5. The Labute approximate surface area is 122 Å². The zero-order valence-corrected chi connectivity index (χ0v) is 12.8. The van der Waals surface area contributed by atoms with Crippen molar-refractivity contribution in [2.24, 2.45) is 7.05 Å². The lowest BCUT2D eigenvalue weighted by Gasteiger charge is -2.13. The van der Waals surface area contributed by atoms with Crippen molar-refractivity contribution >= 4 is 23.4 Å². The summed E-state index contributed by atoms with van der Waals surface area (Å²) in [4.78, 5) is 5.26. The van der Waals surface area contributed by atoms with Crippen molar-refractivity contribution in [3.05, 3.63) is 35.1 Å². The third-order valence-electron chi connectivity index (χ3n) is 2.61. The van der Waals surface area contributed by atoms with E-state index in [-0.39, 0.29) is 0 Å². The second kappa shape index (κ2) is 6.41. The summed E-state index contributed by atoms with van der Waals surface area (Å²) in [5.74, 6) is 0. The molecular formula is C13H17ClN4S. The van der Waals surface area contributed by atoms with E-state index in [9.17, 15) is 0 Å². The predicted molar refractivity (Wildman–Crippen MR) is 78.6 cm³/mol. The number of nitrogens with one attached hydrogen (secondary N) is 1. The molecule has 0 bridgehead atoms. The van der Waals surface area contributed by atoms with Crippen LogP contribution >= 0.6 is 23.4 Å². The first-order valence-electron chi connectivity index (χ1n) is 6.10. The fraction of sp³-hybridized carbons (Fsp3) is 0.385. The average Bonchev–Trinajstić information content (AvgIpc) is 2.76. The molecule has 102 valence electrons. The van der Waals surface area contributed by atoms with Crippen LogP contribution in [-0.4, -0.2) is 20.8 Å². The van der Waals surface area contributed by atoms with Gasteiger partial charge in [-0.2, -0.15) is 5.10 Å². The smallest absolute Gasteiger partial charge is 0.190 e. The van der Waals surface area contributed by atoms with E-state index < -0.39 is 0 Å². The number of nitrogens with zero attached hydrogens (tertiary/aromatic N) is 3. The van der Waals surface area contributed by atoms with Gasteiger partial charge in [-0.05, 0) is 23.4 Å². The summed E-state index contributed by atoms with van der Waals surface area (Å²) in [5.41, 5.74) is 1.18. The normalized spacial score (nSPS) is 11.2. The van der Waals surface area contributed by atoms with Gasteiger partial charge in [0.05, 0.1) is 5.02 Å². The molecule has 1 aromatic carbocycles. The first-order valence-corrected chi connectivity index (χ1v) is 7.30. The van der Waals surface area contributed by atoms with Crippen LogP contribution in [0, 0.1) is 0 Å². The summed E-state index contributed by atoms with van der Waals surface area (Å²) in [6.07, 6.45) is 1.55. The minimum absolute atomic E-state index is 0.437. The zero-order valence-electron chi connectivity index (χ0n) is 11.2. The molecule has 0 spiro atoms. The van der Waals surface area contributed by atoms with Gasteiger partial charge in [0.15, 0.2) is 5.16 Å². The molecule has 0 radical (unpaired) electrons. The number of aryl methyl sites for hydroxylation is 1. The van der Waals surface area contributed by atoms with Crippen molar-refractivity contribution in [1.29, 1.82) is 0 Å². The number of hydrogen-bond acceptors (Lipinski definition) is 4. The molecule has 0 saturated carbocycles. The van der Waals surface area contributed by atoms with Crippen molar-refractivity contribution in [1.82, 2.24) is 20.1 Å². The van der Waals surface area contributed by atoms with Crippen LogP contribution in [-0.2, 0) is 13.6 Å². The minimum atomic E-state index is 0.437. The van der Waals surface area contributed by atoms with E-state index in [1.807, 2.05) is 19.2 Å². The van der Waals surface area contributed by atoms with Gasteiger partial charge in [0.1, 0.15) is 6.33 Å². The lowest BCUT2D eigenvalue weighted by molar-refractivity contribution is 0.584. The fourth-order valence-corrected chi connectivity index (χ4v) is 2.80. The van der Waals surface area contributed by atoms with Gasteiger partial charge in [0, 0.05) is 24.5 Å². The average molecular weight is 297 g/mol. The Balaban J connectivity index is 2.25. The molecule has 0 amide bonds. The maximum Gasteiger partial charge on any atom is 0.190 e. The molecule has 1 N–H and O–H groups in total. The van der Waals surface area contributed by atoms with Crippen LogP contribution in [0.25, 0.3) is 0 Å². The van der Waals surface area contributed by atoms with Crippen LogP contribution in [0.3, 0.4) is 0 Å². The monoisotopic (exact) mass is 296 g/mol. The Bertz CT molecular complexity index is 553. The highest BCUT2D eigenvalue weighted by Gasteiger charge is 2.12. The number of aromatic nitrogens is 3. The molecule has 2 rings (SSSR count). The third-order valence-corrected chi connectivity index (χ3v) is 4.28. The standard InChI is InChI=1S/C13H17ClN4S/c1-9(2)15-7-10-5-4-6-11(14)12(10)19-13-16-8-17-18(13)3/h4-6,8-9,15H,7H2,1-3H3. The topological polar surface area (TPSA) is 42.7 Å². The van der Waals surface area contributed by atoms with Crippen molar-refractivity contribution < 1.29 is 0 Å². The molecule has 0 atom stereocenters. The molecule has 0 aliphatic heterocycles. The summed E-state index contributed by atoms with van der Waals surface area (Å²) < 4.78 is 1.74. The summed E-state index contributed by atoms with van der Waals surface area (Å²) in [5, 5.41) is 9.06. The van der Waals surface area contributed by atoms with Crippen LogP contribution in [0.2, 0.25) is 5.02 Å². The molecular weight excluding hydrogens is 280 g/mol. The quantitative estimate of drug-likeness (QED) is 0.920. The van der Waals surface area contributed by atoms with Crippen molar-refractivity contribution in [3.8, 4) is 0 Å². The Hall–Kier alpha value is -1.04. The van der Waals surface area contributed by atoms with Crippen LogP contribution in [0.4, 0.5) is 0 Å². The van der Waals surface area contributed by atoms with E-state index in [4.69, 9.17) is 11.6 Å². The fourth-order valence-electron chi connectivity index (χ4n) is 1.59. The van der Waals surface area contributed by atoms with E-state index in [0.29, 0.717) is 6.04 Å². The second-order valence-corrected chi connectivity index (χ2v) is 5.92. The molecule has 1 aromatic heterocycles. The lowest BCUT2D eigenvalue weighted by Crippen LogP contribution is -2.22. The van der Waals surface area contributed by atoms with E-state index in [0.717, 1.165) is 21.6 Å². The predicted octanol–water partition coefficient (Wildman–Crippen LogP) is 3.12. The summed E-state index contributed by atoms with van der Waals surface area (Å²) in [6.45, 7) is 5.04. The largest absolute Gasteiger partial charge is 0.310 e. The second-order valence-electron chi connectivity index (χ2n) is 4.53. The molecule has 0 aliphatic rings. The number of hydrogen-bond donors (Lipinski definition) is 1. The molecule has 6 heteroatoms. The first-order chi connectivity index (χ1) is 9.08. The minimum Gasteiger partial charge on any atom is -0.310 e. The molecule has 2 aromatic rings. The summed E-state index contributed by atoms with van der Waals surface area (Å²) in [6, 6.07) is 6.39. The summed E-state index contributed by atoms with van der Waals surface area (Å²) in [7, 11) is 1.87. The maximum absolute atomic E-state index is 6.31. The van der Waals surface area contributed by atoms with Crippen LogP contribution in [0.1, 0.15) is 19.4 Å². The highest BCUT2D eigenvalue weighted by Crippen LogP contribution is 2.34. The van der Waals surface area contributed by atoms with Crippen LogP contribution in [0.5, 0.6) is 0 Å². The first kappa shape index (κ1) is 14.4. The third kappa shape index (κ3) is 3.72. The van der Waals surface area contributed by atoms with E-state index in [2.05, 4.69) is 35.3 Å². The van der Waals surface area contributed by atoms with Gasteiger partial charge < -0.3 is 5.32 Å². The summed E-state index contributed by atoms with van der Waals surface area (Å²) >= 11 is 7.85. The van der Waals surface area contributed by atoms with Crippen molar-refractivity contribution in [3.63, 3.8) is 0 Å². The van der Waals surface area contributed by atoms with Crippen molar-refractivity contribution in [2.45, 2.75) is 36.5 Å². The molecule has 0 saturated heterocycles. The molecule has 4 nitrogen and oxygen atoms in total. The number of benzene rings is 1. The van der Waals surface area contributed by atoms with E-state index >= 15 is 0 Å². The van der Waals surface area contributed by atoms with E-state index in [1.54, 1.807) is 22.8 Å². The molecule has 1 heterocycles. The molecule has 0 unspecified atom stereocenters. The van der Waals surface area contributed by atoms with Crippen molar-refractivity contribution in [2.75, 3.05) is 0 Å². The van der Waals surface area contributed by atoms with Gasteiger partial charge in [-0.3, -0.25) is 0 Å². The van der Waals surface area contributed by atoms with Gasteiger partial charge in [0.2, 0.25) is 0 Å². The van der Waals surface area contributed by atoms with Gasteiger partial charge in [0.25, 0.3) is 0 Å². The lowest BCUT2D eigenvalue weighted by atomic mass is 10.2.